The van der Waals surface area contributed by atoms with E-state index in [9.17, 15) is 4.79 Å². The summed E-state index contributed by atoms with van der Waals surface area (Å²) in [5.74, 6) is 0.851. The molecule has 0 radical (unpaired) electrons. The number of rotatable bonds is 3. The molecule has 1 aromatic rings. The molecule has 1 unspecified atom stereocenters. The van der Waals surface area contributed by atoms with Crippen molar-refractivity contribution in [3.05, 3.63) is 35.9 Å². The Morgan fingerprint density at radius 2 is 1.52 bits per heavy atom. The Morgan fingerprint density at radius 1 is 0.920 bits per heavy atom. The van der Waals surface area contributed by atoms with Gasteiger partial charge in [0, 0.05) is 6.04 Å². The summed E-state index contributed by atoms with van der Waals surface area (Å²) in [5, 5.41) is 0. The standard InChI is InChI=1S/C21H29N3O/c22-20-23-21(16-10-4-1-5-11-16,17-12-6-2-7-13-17)19(25)24(20)18-14-8-3-9-15-18/h1,4-5,10-11,17-18H,2-3,6-9,12-15H2,(H2,22,23). The first-order valence-corrected chi connectivity index (χ1v) is 9.98. The van der Waals surface area contributed by atoms with Gasteiger partial charge in [0.1, 0.15) is 0 Å². The van der Waals surface area contributed by atoms with Gasteiger partial charge in [-0.25, -0.2) is 4.99 Å². The average Bonchev–Trinajstić information content (AvgIpc) is 2.95. The van der Waals surface area contributed by atoms with Gasteiger partial charge in [0.15, 0.2) is 11.5 Å². The summed E-state index contributed by atoms with van der Waals surface area (Å²) in [7, 11) is 0. The van der Waals surface area contributed by atoms with E-state index in [0.717, 1.165) is 31.2 Å². The van der Waals surface area contributed by atoms with Crippen LogP contribution in [0.2, 0.25) is 0 Å². The molecule has 134 valence electrons. The third-order valence-corrected chi connectivity index (χ3v) is 6.43. The van der Waals surface area contributed by atoms with E-state index in [4.69, 9.17) is 10.7 Å². The van der Waals surface area contributed by atoms with Crippen LogP contribution < -0.4 is 5.73 Å². The highest BCUT2D eigenvalue weighted by molar-refractivity contribution is 6.07. The summed E-state index contributed by atoms with van der Waals surface area (Å²) in [6.45, 7) is 0. The van der Waals surface area contributed by atoms with Crippen LogP contribution in [-0.2, 0) is 10.3 Å². The van der Waals surface area contributed by atoms with E-state index in [2.05, 4.69) is 12.1 Å². The molecule has 1 atom stereocenters. The van der Waals surface area contributed by atoms with Crippen molar-refractivity contribution in [3.63, 3.8) is 0 Å². The largest absolute Gasteiger partial charge is 0.369 e. The molecule has 2 N–H and O–H groups in total. The van der Waals surface area contributed by atoms with Crippen molar-refractivity contribution in [3.8, 4) is 0 Å². The predicted octanol–water partition coefficient (Wildman–Crippen LogP) is 3.95. The number of nitrogens with two attached hydrogens (primary N) is 1. The van der Waals surface area contributed by atoms with Crippen LogP contribution in [0.5, 0.6) is 0 Å². The van der Waals surface area contributed by atoms with Gasteiger partial charge in [0.05, 0.1) is 0 Å². The molecule has 4 rings (SSSR count). The second kappa shape index (κ2) is 6.81. The third-order valence-electron chi connectivity index (χ3n) is 6.43. The Kier molecular flexibility index (Phi) is 4.53. The van der Waals surface area contributed by atoms with Crippen LogP contribution in [0.15, 0.2) is 35.3 Å². The molecule has 2 saturated carbocycles. The Bertz CT molecular complexity index is 644. The fourth-order valence-corrected chi connectivity index (χ4v) is 5.16. The number of guanidine groups is 1. The van der Waals surface area contributed by atoms with Crippen LogP contribution >= 0.6 is 0 Å². The van der Waals surface area contributed by atoms with Crippen LogP contribution in [0.1, 0.15) is 69.8 Å². The molecule has 2 aliphatic carbocycles. The summed E-state index contributed by atoms with van der Waals surface area (Å²) in [4.78, 5) is 20.6. The minimum atomic E-state index is -0.788. The van der Waals surface area contributed by atoms with Crippen molar-refractivity contribution in [1.29, 1.82) is 0 Å². The van der Waals surface area contributed by atoms with Gasteiger partial charge in [-0.15, -0.1) is 0 Å². The minimum absolute atomic E-state index is 0.134. The van der Waals surface area contributed by atoms with Gasteiger partial charge >= 0.3 is 0 Å². The van der Waals surface area contributed by atoms with Crippen LogP contribution in [0, 0.1) is 5.92 Å². The molecule has 2 fully saturated rings. The van der Waals surface area contributed by atoms with E-state index in [1.807, 2.05) is 23.1 Å². The van der Waals surface area contributed by atoms with Crippen molar-refractivity contribution in [2.24, 2.45) is 16.6 Å². The molecule has 0 bridgehead atoms. The first kappa shape index (κ1) is 16.6. The van der Waals surface area contributed by atoms with Gasteiger partial charge in [0.25, 0.3) is 5.91 Å². The van der Waals surface area contributed by atoms with E-state index in [1.54, 1.807) is 0 Å². The highest BCUT2D eigenvalue weighted by atomic mass is 16.2. The maximum Gasteiger partial charge on any atom is 0.262 e. The first-order chi connectivity index (χ1) is 12.2. The molecule has 1 aliphatic heterocycles. The van der Waals surface area contributed by atoms with Gasteiger partial charge in [-0.2, -0.15) is 0 Å². The highest BCUT2D eigenvalue weighted by Gasteiger charge is 2.55. The summed E-state index contributed by atoms with van der Waals surface area (Å²) >= 11 is 0. The van der Waals surface area contributed by atoms with Crippen molar-refractivity contribution < 1.29 is 4.79 Å². The lowest BCUT2D eigenvalue weighted by Crippen LogP contribution is -2.51. The minimum Gasteiger partial charge on any atom is -0.369 e. The van der Waals surface area contributed by atoms with Gasteiger partial charge in [-0.1, -0.05) is 68.9 Å². The van der Waals surface area contributed by atoms with Gasteiger partial charge in [0.2, 0.25) is 0 Å². The van der Waals surface area contributed by atoms with Crippen LogP contribution in [0.4, 0.5) is 0 Å². The maximum atomic E-state index is 13.8. The Labute approximate surface area is 150 Å². The second-order valence-electron chi connectivity index (χ2n) is 7.90. The maximum absolute atomic E-state index is 13.8. The monoisotopic (exact) mass is 339 g/mol. The zero-order valence-electron chi connectivity index (χ0n) is 15.0. The number of aliphatic imine (C=N–C) groups is 1. The van der Waals surface area contributed by atoms with E-state index < -0.39 is 5.54 Å². The molecule has 3 aliphatic rings. The lowest BCUT2D eigenvalue weighted by atomic mass is 9.71. The summed E-state index contributed by atoms with van der Waals surface area (Å²) in [6.07, 6.45) is 11.5. The van der Waals surface area contributed by atoms with E-state index in [-0.39, 0.29) is 17.9 Å². The molecule has 25 heavy (non-hydrogen) atoms. The van der Waals surface area contributed by atoms with Crippen LogP contribution in [-0.4, -0.2) is 22.8 Å². The third kappa shape index (κ3) is 2.76. The number of hydrogen-bond acceptors (Lipinski definition) is 3. The summed E-state index contributed by atoms with van der Waals surface area (Å²) < 4.78 is 0. The Hall–Kier alpha value is -1.84. The smallest absolute Gasteiger partial charge is 0.262 e. The lowest BCUT2D eigenvalue weighted by molar-refractivity contribution is -0.136. The number of nitrogens with zero attached hydrogens (tertiary/aromatic N) is 2. The number of amides is 1. The molecular weight excluding hydrogens is 310 g/mol. The topological polar surface area (TPSA) is 58.7 Å². The predicted molar refractivity (Wildman–Crippen MR) is 100 cm³/mol. The molecule has 1 aromatic carbocycles. The number of benzene rings is 1. The molecule has 4 heteroatoms. The summed E-state index contributed by atoms with van der Waals surface area (Å²) in [6, 6.07) is 10.4. The molecular formula is C21H29N3O. The molecule has 1 amide bonds. The number of carbonyl (C=O) groups is 1. The second-order valence-corrected chi connectivity index (χ2v) is 7.90. The van der Waals surface area contributed by atoms with Crippen molar-refractivity contribution in [1.82, 2.24) is 4.90 Å². The molecule has 0 aromatic heterocycles. The van der Waals surface area contributed by atoms with Crippen LogP contribution in [0.25, 0.3) is 0 Å². The number of hydrogen-bond donors (Lipinski definition) is 1. The van der Waals surface area contributed by atoms with Gasteiger partial charge in [-0.05, 0) is 37.2 Å². The van der Waals surface area contributed by atoms with E-state index >= 15 is 0 Å². The highest BCUT2D eigenvalue weighted by Crippen LogP contribution is 2.47. The summed E-state index contributed by atoms with van der Waals surface area (Å²) in [5.41, 5.74) is 6.61. The fraction of sp³-hybridized carbons (Fsp3) is 0.619. The quantitative estimate of drug-likeness (QED) is 0.906. The van der Waals surface area contributed by atoms with Crippen LogP contribution in [0.3, 0.4) is 0 Å². The SMILES string of the molecule is NC1=NC(c2ccccc2)(C2CCCCC2)C(=O)N1C1CCCCC1. The van der Waals surface area contributed by atoms with Gasteiger partial charge in [-0.3, -0.25) is 9.69 Å². The van der Waals surface area contributed by atoms with E-state index in [0.29, 0.717) is 5.96 Å². The molecule has 4 nitrogen and oxygen atoms in total. The normalized spacial score (nSPS) is 29.0. The fourth-order valence-electron chi connectivity index (χ4n) is 5.16. The van der Waals surface area contributed by atoms with Gasteiger partial charge < -0.3 is 5.73 Å². The average molecular weight is 339 g/mol. The first-order valence-electron chi connectivity index (χ1n) is 9.98. The van der Waals surface area contributed by atoms with E-state index in [1.165, 1.54) is 38.5 Å². The lowest BCUT2D eigenvalue weighted by Gasteiger charge is -2.38. The Balaban J connectivity index is 1.75. The molecule has 1 heterocycles. The molecule has 0 saturated heterocycles. The molecule has 0 spiro atoms. The van der Waals surface area contributed by atoms with Crippen molar-refractivity contribution in [2.75, 3.05) is 0 Å². The van der Waals surface area contributed by atoms with Crippen molar-refractivity contribution >= 4 is 11.9 Å². The van der Waals surface area contributed by atoms with Crippen molar-refractivity contribution in [2.45, 2.75) is 75.8 Å². The number of carbonyl (C=O) groups excluding carboxylic acids is 1. The Morgan fingerprint density at radius 3 is 2.16 bits per heavy atom. The zero-order chi connectivity index (χ0) is 17.3. The zero-order valence-corrected chi connectivity index (χ0v) is 15.0.